The molecule has 1 aromatic rings. The summed E-state index contributed by atoms with van der Waals surface area (Å²) in [7, 11) is 3.13. The van der Waals surface area contributed by atoms with Gasteiger partial charge in [0, 0.05) is 31.8 Å². The zero-order valence-corrected chi connectivity index (χ0v) is 16.4. The fraction of sp³-hybridized carbons (Fsp3) is 0.471. The number of anilines is 1. The molecule has 1 aliphatic heterocycles. The van der Waals surface area contributed by atoms with Crippen LogP contribution in [-0.2, 0) is 19.1 Å². The number of likely N-dealkylation sites (N-methyl/N-ethyl adjacent to an activating group) is 1. The highest BCUT2D eigenvalue weighted by Crippen LogP contribution is 2.34. The monoisotopic (exact) mass is 427 g/mol. The lowest BCUT2D eigenvalue weighted by molar-refractivity contribution is -0.134. The molecule has 0 saturated carbocycles. The number of hydrogen-bond donors (Lipinski definition) is 1. The van der Waals surface area contributed by atoms with Crippen LogP contribution in [0.4, 0.5) is 5.69 Å². The average molecular weight is 428 g/mol. The lowest BCUT2D eigenvalue weighted by Gasteiger charge is -2.30. The topological polar surface area (TPSA) is 88.2 Å². The zero-order chi connectivity index (χ0) is 19.1. The minimum atomic E-state index is -0.332. The number of amides is 3. The molecule has 0 fully saturated rings. The molecule has 0 saturated heterocycles. The van der Waals surface area contributed by atoms with E-state index in [2.05, 4.69) is 21.2 Å². The second-order valence-electron chi connectivity index (χ2n) is 5.83. The standard InChI is InChI=1S/C17H22BrN3O5/c1-20(9-15(22)19-6-3-7-25-2)16(23)10-21-13-5-4-12(18)8-14(13)26-11-17(21)24/h4-5,8H,3,6-7,9-11H2,1-2H3,(H,19,22). The van der Waals surface area contributed by atoms with Crippen LogP contribution in [-0.4, -0.2) is 69.6 Å². The molecule has 142 valence electrons. The van der Waals surface area contributed by atoms with Gasteiger partial charge in [0.2, 0.25) is 11.8 Å². The Hall–Kier alpha value is -2.13. The summed E-state index contributed by atoms with van der Waals surface area (Å²) in [6, 6.07) is 5.23. The fourth-order valence-electron chi connectivity index (χ4n) is 2.41. The van der Waals surface area contributed by atoms with Gasteiger partial charge >= 0.3 is 0 Å². The number of nitrogens with zero attached hydrogens (tertiary/aromatic N) is 2. The average Bonchev–Trinajstić information content (AvgIpc) is 2.61. The van der Waals surface area contributed by atoms with Gasteiger partial charge < -0.3 is 19.7 Å². The summed E-state index contributed by atoms with van der Waals surface area (Å²) < 4.78 is 11.1. The molecule has 0 aliphatic carbocycles. The summed E-state index contributed by atoms with van der Waals surface area (Å²) in [6.07, 6.45) is 0.703. The molecule has 26 heavy (non-hydrogen) atoms. The third-order valence-corrected chi connectivity index (χ3v) is 4.31. The van der Waals surface area contributed by atoms with E-state index in [1.807, 2.05) is 0 Å². The largest absolute Gasteiger partial charge is 0.482 e. The van der Waals surface area contributed by atoms with Crippen LogP contribution in [0.15, 0.2) is 22.7 Å². The summed E-state index contributed by atoms with van der Waals surface area (Å²) in [6.45, 7) is 0.699. The minimum Gasteiger partial charge on any atom is -0.482 e. The maximum atomic E-state index is 12.4. The van der Waals surface area contributed by atoms with Gasteiger partial charge in [0.15, 0.2) is 6.61 Å². The maximum absolute atomic E-state index is 12.4. The predicted molar refractivity (Wildman–Crippen MR) is 99.1 cm³/mol. The van der Waals surface area contributed by atoms with E-state index >= 15 is 0 Å². The molecule has 1 N–H and O–H groups in total. The number of carbonyl (C=O) groups is 3. The molecule has 2 rings (SSSR count). The fourth-order valence-corrected chi connectivity index (χ4v) is 2.75. The Labute approximate surface area is 160 Å². The highest BCUT2D eigenvalue weighted by molar-refractivity contribution is 9.10. The normalized spacial score (nSPS) is 13.0. The van der Waals surface area contributed by atoms with Crippen LogP contribution in [0.1, 0.15) is 6.42 Å². The van der Waals surface area contributed by atoms with Crippen LogP contribution in [0.25, 0.3) is 0 Å². The van der Waals surface area contributed by atoms with Gasteiger partial charge in [0.1, 0.15) is 12.3 Å². The first kappa shape index (κ1) is 20.2. The quantitative estimate of drug-likeness (QED) is 0.619. The lowest BCUT2D eigenvalue weighted by Crippen LogP contribution is -2.47. The summed E-state index contributed by atoms with van der Waals surface area (Å²) >= 11 is 3.35. The van der Waals surface area contributed by atoms with Crippen LogP contribution in [0.5, 0.6) is 5.75 Å². The van der Waals surface area contributed by atoms with E-state index in [1.54, 1.807) is 25.3 Å². The Morgan fingerprint density at radius 1 is 1.42 bits per heavy atom. The van der Waals surface area contributed by atoms with Crippen LogP contribution in [0.2, 0.25) is 0 Å². The Bertz CT molecular complexity index is 682. The van der Waals surface area contributed by atoms with E-state index in [9.17, 15) is 14.4 Å². The zero-order valence-electron chi connectivity index (χ0n) is 14.8. The van der Waals surface area contributed by atoms with Crippen LogP contribution < -0.4 is 15.0 Å². The number of hydrogen-bond acceptors (Lipinski definition) is 5. The van der Waals surface area contributed by atoms with Crippen LogP contribution in [0, 0.1) is 0 Å². The minimum absolute atomic E-state index is 0.0719. The van der Waals surface area contributed by atoms with Crippen LogP contribution >= 0.6 is 15.9 Å². The van der Waals surface area contributed by atoms with E-state index in [0.717, 1.165) is 4.47 Å². The van der Waals surface area contributed by atoms with Crippen molar-refractivity contribution in [1.29, 1.82) is 0 Å². The van der Waals surface area contributed by atoms with Crippen molar-refractivity contribution in [2.24, 2.45) is 0 Å². The van der Waals surface area contributed by atoms with Gasteiger partial charge in [0.05, 0.1) is 12.2 Å². The molecule has 0 unspecified atom stereocenters. The summed E-state index contributed by atoms with van der Waals surface area (Å²) in [5.74, 6) is -0.355. The Morgan fingerprint density at radius 3 is 2.92 bits per heavy atom. The van der Waals surface area contributed by atoms with Gasteiger partial charge in [-0.25, -0.2) is 0 Å². The van der Waals surface area contributed by atoms with Crippen molar-refractivity contribution in [1.82, 2.24) is 10.2 Å². The highest BCUT2D eigenvalue weighted by atomic mass is 79.9. The number of benzene rings is 1. The van der Waals surface area contributed by atoms with Gasteiger partial charge in [-0.15, -0.1) is 0 Å². The molecular weight excluding hydrogens is 406 g/mol. The number of nitrogens with one attached hydrogen (secondary N) is 1. The van der Waals surface area contributed by atoms with Crippen molar-refractivity contribution < 1.29 is 23.9 Å². The molecule has 0 bridgehead atoms. The van der Waals surface area contributed by atoms with Crippen molar-refractivity contribution in [3.05, 3.63) is 22.7 Å². The lowest BCUT2D eigenvalue weighted by atomic mass is 10.2. The molecule has 3 amide bonds. The summed E-state index contributed by atoms with van der Waals surface area (Å²) in [5, 5.41) is 2.72. The third-order valence-electron chi connectivity index (χ3n) is 3.81. The van der Waals surface area contributed by atoms with Crippen LogP contribution in [0.3, 0.4) is 0 Å². The smallest absolute Gasteiger partial charge is 0.265 e. The predicted octanol–water partition coefficient (Wildman–Crippen LogP) is 0.786. The number of ether oxygens (including phenoxy) is 2. The number of carbonyl (C=O) groups excluding carboxylic acids is 3. The SMILES string of the molecule is COCCCNC(=O)CN(C)C(=O)CN1C(=O)COc2cc(Br)ccc21. The summed E-state index contributed by atoms with van der Waals surface area (Å²) in [4.78, 5) is 39.1. The van der Waals surface area contributed by atoms with Crippen molar-refractivity contribution in [2.75, 3.05) is 51.9 Å². The van der Waals surface area contributed by atoms with Gasteiger partial charge in [0.25, 0.3) is 5.91 Å². The van der Waals surface area contributed by atoms with Crippen molar-refractivity contribution in [3.8, 4) is 5.75 Å². The first-order chi connectivity index (χ1) is 12.4. The van der Waals surface area contributed by atoms with E-state index < -0.39 is 0 Å². The number of rotatable bonds is 8. The Kier molecular flexibility index (Phi) is 7.40. The van der Waals surface area contributed by atoms with Gasteiger partial charge in [-0.05, 0) is 24.6 Å². The first-order valence-corrected chi connectivity index (χ1v) is 8.94. The first-order valence-electron chi connectivity index (χ1n) is 8.14. The van der Waals surface area contributed by atoms with E-state index in [-0.39, 0.29) is 37.4 Å². The maximum Gasteiger partial charge on any atom is 0.265 e. The molecule has 9 heteroatoms. The molecule has 0 atom stereocenters. The van der Waals surface area contributed by atoms with Gasteiger partial charge in [-0.3, -0.25) is 19.3 Å². The van der Waals surface area contributed by atoms with Gasteiger partial charge in [-0.1, -0.05) is 15.9 Å². The number of methoxy groups -OCH3 is 1. The van der Waals surface area contributed by atoms with E-state index in [4.69, 9.17) is 9.47 Å². The highest BCUT2D eigenvalue weighted by Gasteiger charge is 2.28. The number of fused-ring (bicyclic) bond motifs is 1. The van der Waals surface area contributed by atoms with Gasteiger partial charge in [-0.2, -0.15) is 0 Å². The molecule has 0 spiro atoms. The molecule has 1 aromatic carbocycles. The molecule has 1 aliphatic rings. The van der Waals surface area contributed by atoms with Crippen molar-refractivity contribution in [2.45, 2.75) is 6.42 Å². The Balaban J connectivity index is 1.92. The van der Waals surface area contributed by atoms with E-state index in [0.29, 0.717) is 31.0 Å². The summed E-state index contributed by atoms with van der Waals surface area (Å²) in [5.41, 5.74) is 0.537. The van der Waals surface area contributed by atoms with E-state index in [1.165, 1.54) is 16.8 Å². The Morgan fingerprint density at radius 2 is 2.19 bits per heavy atom. The molecule has 0 radical (unpaired) electrons. The molecular formula is C17H22BrN3O5. The number of halogens is 1. The second kappa shape index (κ2) is 9.54. The third kappa shape index (κ3) is 5.43. The van der Waals surface area contributed by atoms with Crippen molar-refractivity contribution in [3.63, 3.8) is 0 Å². The molecule has 0 aromatic heterocycles. The van der Waals surface area contributed by atoms with Crippen molar-refractivity contribution >= 4 is 39.3 Å². The molecule has 1 heterocycles. The second-order valence-corrected chi connectivity index (χ2v) is 6.74. The molecule has 8 nitrogen and oxygen atoms in total.